The molecule has 1 fully saturated rings. The first-order chi connectivity index (χ1) is 10.4. The molecule has 0 aliphatic heterocycles. The van der Waals surface area contributed by atoms with Crippen molar-refractivity contribution in [3.8, 4) is 0 Å². The molecule has 1 aromatic heterocycles. The Kier molecular flexibility index (Phi) is 4.09. The quantitative estimate of drug-likeness (QED) is 0.840. The van der Waals surface area contributed by atoms with Crippen LogP contribution >= 0.6 is 11.3 Å². The average Bonchev–Trinajstić information content (AvgIpc) is 3.21. The van der Waals surface area contributed by atoms with Crippen LogP contribution in [0.1, 0.15) is 34.7 Å². The maximum atomic E-state index is 13.1. The van der Waals surface area contributed by atoms with E-state index in [9.17, 15) is 8.42 Å². The van der Waals surface area contributed by atoms with Crippen molar-refractivity contribution in [2.75, 3.05) is 0 Å². The minimum Gasteiger partial charge on any atom is -0.245 e. The number of sulfonamides is 1. The van der Waals surface area contributed by atoms with E-state index in [1.165, 1.54) is 0 Å². The summed E-state index contributed by atoms with van der Waals surface area (Å²) in [5, 5.41) is 2.92. The van der Waals surface area contributed by atoms with Gasteiger partial charge in [0.25, 0.3) is 0 Å². The summed E-state index contributed by atoms with van der Waals surface area (Å²) in [4.78, 5) is 4.84. The van der Waals surface area contributed by atoms with Gasteiger partial charge < -0.3 is 0 Å². The second kappa shape index (κ2) is 5.76. The van der Waals surface area contributed by atoms with E-state index in [4.69, 9.17) is 0 Å². The van der Waals surface area contributed by atoms with Crippen molar-refractivity contribution in [1.82, 2.24) is 9.29 Å². The van der Waals surface area contributed by atoms with Gasteiger partial charge >= 0.3 is 0 Å². The molecular weight excluding hydrogens is 316 g/mol. The molecule has 0 unspecified atom stereocenters. The summed E-state index contributed by atoms with van der Waals surface area (Å²) in [5.74, 6) is 0. The van der Waals surface area contributed by atoms with E-state index in [2.05, 4.69) is 4.98 Å². The van der Waals surface area contributed by atoms with Crippen LogP contribution in [-0.2, 0) is 16.6 Å². The zero-order chi connectivity index (χ0) is 15.9. The molecule has 1 aliphatic rings. The summed E-state index contributed by atoms with van der Waals surface area (Å²) in [7, 11) is -3.48. The Morgan fingerprint density at radius 1 is 1.27 bits per heavy atom. The number of nitrogens with zero attached hydrogens (tertiary/aromatic N) is 2. The molecule has 1 aliphatic carbocycles. The van der Waals surface area contributed by atoms with Gasteiger partial charge in [0.1, 0.15) is 0 Å². The molecule has 0 saturated heterocycles. The SMILES string of the molecule is Cc1ccc(C)c(S(=O)(=O)N(Cc2csc(C)n2)C2CC2)c1. The molecule has 2 aromatic rings. The molecule has 22 heavy (non-hydrogen) atoms. The van der Waals surface area contributed by atoms with Crippen molar-refractivity contribution in [3.63, 3.8) is 0 Å². The van der Waals surface area contributed by atoms with Crippen LogP contribution in [0, 0.1) is 20.8 Å². The smallest absolute Gasteiger partial charge is 0.243 e. The van der Waals surface area contributed by atoms with Gasteiger partial charge in [-0.25, -0.2) is 13.4 Å². The molecule has 0 bridgehead atoms. The zero-order valence-corrected chi connectivity index (χ0v) is 14.7. The molecule has 118 valence electrons. The molecular formula is C16H20N2O2S2. The lowest BCUT2D eigenvalue weighted by molar-refractivity contribution is 0.394. The van der Waals surface area contributed by atoms with Crippen LogP contribution in [-0.4, -0.2) is 23.7 Å². The van der Waals surface area contributed by atoms with E-state index in [1.54, 1.807) is 21.7 Å². The largest absolute Gasteiger partial charge is 0.245 e. The van der Waals surface area contributed by atoms with Crippen LogP contribution in [0.2, 0.25) is 0 Å². The number of aromatic nitrogens is 1. The van der Waals surface area contributed by atoms with E-state index in [0.29, 0.717) is 11.4 Å². The molecule has 4 nitrogen and oxygen atoms in total. The fourth-order valence-electron chi connectivity index (χ4n) is 2.52. The van der Waals surface area contributed by atoms with Crippen LogP contribution in [0.3, 0.4) is 0 Å². The van der Waals surface area contributed by atoms with Crippen LogP contribution in [0.5, 0.6) is 0 Å². The standard InChI is InChI=1S/C16H20N2O2S2/c1-11-4-5-12(2)16(8-11)22(19,20)18(15-6-7-15)9-14-10-21-13(3)17-14/h4-5,8,10,15H,6-7,9H2,1-3H3. The third-order valence-corrected chi connectivity index (χ3v) is 6.73. The topological polar surface area (TPSA) is 50.3 Å². The molecule has 1 heterocycles. The lowest BCUT2D eigenvalue weighted by atomic mass is 10.2. The Morgan fingerprint density at radius 2 is 2.00 bits per heavy atom. The van der Waals surface area contributed by atoms with Crippen LogP contribution < -0.4 is 0 Å². The average molecular weight is 336 g/mol. The second-order valence-electron chi connectivity index (χ2n) is 5.91. The lowest BCUT2D eigenvalue weighted by Gasteiger charge is -2.22. The Bertz CT molecular complexity index is 792. The van der Waals surface area contributed by atoms with E-state index < -0.39 is 10.0 Å². The third-order valence-electron chi connectivity index (χ3n) is 3.87. The predicted molar refractivity (Wildman–Crippen MR) is 88.5 cm³/mol. The van der Waals surface area contributed by atoms with Crippen LogP contribution in [0.25, 0.3) is 0 Å². The van der Waals surface area contributed by atoms with Gasteiger partial charge in [-0.05, 0) is 50.8 Å². The summed E-state index contributed by atoms with van der Waals surface area (Å²) in [6.45, 7) is 6.08. The van der Waals surface area contributed by atoms with Crippen LogP contribution in [0.4, 0.5) is 0 Å². The first-order valence-electron chi connectivity index (χ1n) is 7.38. The van der Waals surface area contributed by atoms with Gasteiger partial charge in [-0.15, -0.1) is 11.3 Å². The number of thiazole rings is 1. The molecule has 0 spiro atoms. The van der Waals surface area contributed by atoms with Crippen molar-refractivity contribution in [3.05, 3.63) is 45.4 Å². The van der Waals surface area contributed by atoms with Gasteiger partial charge in [0, 0.05) is 11.4 Å². The summed E-state index contributed by atoms with van der Waals surface area (Å²) in [6.07, 6.45) is 1.88. The maximum Gasteiger partial charge on any atom is 0.243 e. The molecule has 3 rings (SSSR count). The number of hydrogen-bond acceptors (Lipinski definition) is 4. The van der Waals surface area contributed by atoms with E-state index in [-0.39, 0.29) is 6.04 Å². The fraction of sp³-hybridized carbons (Fsp3) is 0.438. The molecule has 1 aromatic carbocycles. The van der Waals surface area contributed by atoms with Crippen molar-refractivity contribution < 1.29 is 8.42 Å². The minimum absolute atomic E-state index is 0.118. The molecule has 1 saturated carbocycles. The van der Waals surface area contributed by atoms with Crippen molar-refractivity contribution in [1.29, 1.82) is 0 Å². The zero-order valence-electron chi connectivity index (χ0n) is 13.0. The van der Waals surface area contributed by atoms with Gasteiger partial charge in [0.2, 0.25) is 10.0 Å². The van der Waals surface area contributed by atoms with Crippen molar-refractivity contribution in [2.45, 2.75) is 51.1 Å². The third kappa shape index (κ3) is 3.09. The van der Waals surface area contributed by atoms with Gasteiger partial charge in [-0.1, -0.05) is 12.1 Å². The Morgan fingerprint density at radius 3 is 2.59 bits per heavy atom. The summed E-state index contributed by atoms with van der Waals surface area (Å²) in [6, 6.07) is 5.71. The maximum absolute atomic E-state index is 13.1. The molecule has 0 atom stereocenters. The Hall–Kier alpha value is -1.24. The predicted octanol–water partition coefficient (Wildman–Crippen LogP) is 3.42. The summed E-state index contributed by atoms with van der Waals surface area (Å²) >= 11 is 1.56. The van der Waals surface area contributed by atoms with Gasteiger partial charge in [-0.3, -0.25) is 0 Å². The van der Waals surface area contributed by atoms with E-state index >= 15 is 0 Å². The summed E-state index contributed by atoms with van der Waals surface area (Å²) in [5.41, 5.74) is 2.60. The Labute approximate surface area is 135 Å². The molecule has 0 radical (unpaired) electrons. The second-order valence-corrected chi connectivity index (χ2v) is 8.83. The van der Waals surface area contributed by atoms with Crippen molar-refractivity contribution in [2.24, 2.45) is 0 Å². The molecule has 0 N–H and O–H groups in total. The van der Waals surface area contributed by atoms with Gasteiger partial charge in [0.15, 0.2) is 0 Å². The highest BCUT2D eigenvalue weighted by atomic mass is 32.2. The van der Waals surface area contributed by atoms with E-state index in [0.717, 1.165) is 34.7 Å². The normalized spacial score (nSPS) is 15.5. The molecule has 0 amide bonds. The van der Waals surface area contributed by atoms with E-state index in [1.807, 2.05) is 38.3 Å². The highest BCUT2D eigenvalue weighted by Crippen LogP contribution is 2.34. The van der Waals surface area contributed by atoms with Gasteiger partial charge in [0.05, 0.1) is 22.1 Å². The highest BCUT2D eigenvalue weighted by molar-refractivity contribution is 7.89. The van der Waals surface area contributed by atoms with Crippen molar-refractivity contribution >= 4 is 21.4 Å². The van der Waals surface area contributed by atoms with Crippen LogP contribution in [0.15, 0.2) is 28.5 Å². The lowest BCUT2D eigenvalue weighted by Crippen LogP contribution is -2.33. The first-order valence-corrected chi connectivity index (χ1v) is 9.70. The number of rotatable bonds is 5. The summed E-state index contributed by atoms with van der Waals surface area (Å²) < 4.78 is 27.8. The number of hydrogen-bond donors (Lipinski definition) is 0. The monoisotopic (exact) mass is 336 g/mol. The Balaban J connectivity index is 1.98. The number of aryl methyl sites for hydroxylation is 3. The minimum atomic E-state index is -3.48. The highest BCUT2D eigenvalue weighted by Gasteiger charge is 2.39. The first kappa shape index (κ1) is 15.6. The molecule has 6 heteroatoms. The number of benzene rings is 1. The fourth-order valence-corrected chi connectivity index (χ4v) is 5.10. The van der Waals surface area contributed by atoms with Gasteiger partial charge in [-0.2, -0.15) is 4.31 Å².